The van der Waals surface area contributed by atoms with E-state index in [4.69, 9.17) is 9.97 Å². The Kier molecular flexibility index (Phi) is 4.36. The van der Waals surface area contributed by atoms with Crippen molar-refractivity contribution in [2.24, 2.45) is 0 Å². The number of hydrogen-bond acceptors (Lipinski definition) is 7. The molecule has 0 saturated carbocycles. The third-order valence-corrected chi connectivity index (χ3v) is 5.60. The van der Waals surface area contributed by atoms with E-state index in [0.29, 0.717) is 24.5 Å². The van der Waals surface area contributed by atoms with E-state index in [-0.39, 0.29) is 0 Å². The minimum atomic E-state index is 0.458. The standard InChI is InChI=1S/C18H20BrN9/c1-20-11-6-7-27(10-11)18-25-16-12(19)8-22-28(16)17(26-18)21-9-15-23-13-4-2-3-5-14(13)24-15/h2-5,8,11,20H,6-7,9-10H2,1H3,(H,23,24)(H,21,25,26)/t11-/m1/s1. The molecule has 1 atom stereocenters. The zero-order valence-corrected chi connectivity index (χ0v) is 16.9. The maximum Gasteiger partial charge on any atom is 0.230 e. The number of rotatable bonds is 5. The molecular weight excluding hydrogens is 422 g/mol. The molecule has 1 aliphatic rings. The van der Waals surface area contributed by atoms with Crippen molar-refractivity contribution >= 4 is 44.5 Å². The van der Waals surface area contributed by atoms with Crippen LogP contribution in [-0.2, 0) is 6.54 Å². The summed E-state index contributed by atoms with van der Waals surface area (Å²) in [6.07, 6.45) is 2.81. The maximum absolute atomic E-state index is 4.75. The number of likely N-dealkylation sites (N-methyl/N-ethyl adjacent to an activating group) is 1. The summed E-state index contributed by atoms with van der Waals surface area (Å²) in [5, 5.41) is 11.1. The molecule has 4 aromatic rings. The SMILES string of the molecule is CN[C@@H]1CCN(c2nc(NCc3nc4ccccc4[nH]3)n3ncc(Br)c3n2)C1. The Morgan fingerprint density at radius 2 is 2.14 bits per heavy atom. The number of hydrogen-bond donors (Lipinski definition) is 3. The van der Waals surface area contributed by atoms with Crippen molar-refractivity contribution in [3.05, 3.63) is 40.8 Å². The largest absolute Gasteiger partial charge is 0.347 e. The molecule has 3 N–H and O–H groups in total. The molecule has 0 spiro atoms. The van der Waals surface area contributed by atoms with Crippen molar-refractivity contribution in [3.8, 4) is 0 Å². The molecule has 0 bridgehead atoms. The van der Waals surface area contributed by atoms with E-state index < -0.39 is 0 Å². The molecule has 1 aliphatic heterocycles. The van der Waals surface area contributed by atoms with Crippen molar-refractivity contribution in [3.63, 3.8) is 0 Å². The van der Waals surface area contributed by atoms with Gasteiger partial charge in [-0.05, 0) is 41.5 Å². The Labute approximate surface area is 169 Å². The van der Waals surface area contributed by atoms with Crippen molar-refractivity contribution < 1.29 is 0 Å². The van der Waals surface area contributed by atoms with Gasteiger partial charge < -0.3 is 20.5 Å². The number of aromatic nitrogens is 6. The van der Waals surface area contributed by atoms with Gasteiger partial charge in [0.05, 0.1) is 28.2 Å². The zero-order valence-electron chi connectivity index (χ0n) is 15.4. The highest BCUT2D eigenvalue weighted by molar-refractivity contribution is 9.10. The lowest BCUT2D eigenvalue weighted by molar-refractivity contribution is 0.616. The minimum absolute atomic E-state index is 0.458. The Bertz CT molecular complexity index is 1100. The number of benzene rings is 1. The van der Waals surface area contributed by atoms with Crippen LogP contribution in [0, 0.1) is 0 Å². The number of para-hydroxylation sites is 2. The van der Waals surface area contributed by atoms with Gasteiger partial charge in [-0.15, -0.1) is 0 Å². The lowest BCUT2D eigenvalue weighted by Gasteiger charge is -2.17. The number of H-pyrrole nitrogens is 1. The molecule has 28 heavy (non-hydrogen) atoms. The van der Waals surface area contributed by atoms with Crippen LogP contribution in [0.4, 0.5) is 11.9 Å². The fraction of sp³-hybridized carbons (Fsp3) is 0.333. The molecule has 0 unspecified atom stereocenters. The highest BCUT2D eigenvalue weighted by atomic mass is 79.9. The normalized spacial score (nSPS) is 17.1. The zero-order chi connectivity index (χ0) is 19.1. The highest BCUT2D eigenvalue weighted by Gasteiger charge is 2.24. The molecule has 9 nitrogen and oxygen atoms in total. The quantitative estimate of drug-likeness (QED) is 0.436. The molecule has 3 aromatic heterocycles. The Morgan fingerprint density at radius 1 is 1.25 bits per heavy atom. The van der Waals surface area contributed by atoms with Crippen LogP contribution in [-0.4, -0.2) is 55.7 Å². The van der Waals surface area contributed by atoms with Crippen LogP contribution in [0.5, 0.6) is 0 Å². The molecule has 0 aliphatic carbocycles. The van der Waals surface area contributed by atoms with Gasteiger partial charge >= 0.3 is 0 Å². The van der Waals surface area contributed by atoms with E-state index in [9.17, 15) is 0 Å². The number of anilines is 2. The van der Waals surface area contributed by atoms with Crippen molar-refractivity contribution in [1.82, 2.24) is 34.9 Å². The van der Waals surface area contributed by atoms with Gasteiger partial charge in [-0.2, -0.15) is 19.6 Å². The first kappa shape index (κ1) is 17.4. The molecule has 1 aromatic carbocycles. The second-order valence-electron chi connectivity index (χ2n) is 6.85. The summed E-state index contributed by atoms with van der Waals surface area (Å²) in [7, 11) is 1.99. The fourth-order valence-corrected chi connectivity index (χ4v) is 3.87. The van der Waals surface area contributed by atoms with E-state index in [0.717, 1.165) is 46.5 Å². The van der Waals surface area contributed by atoms with Crippen molar-refractivity contribution in [2.45, 2.75) is 19.0 Å². The number of fused-ring (bicyclic) bond motifs is 2. The summed E-state index contributed by atoms with van der Waals surface area (Å²) >= 11 is 3.54. The predicted molar refractivity (Wildman–Crippen MR) is 112 cm³/mol. The summed E-state index contributed by atoms with van der Waals surface area (Å²) in [6, 6.07) is 8.44. The second-order valence-corrected chi connectivity index (χ2v) is 7.70. The fourth-order valence-electron chi connectivity index (χ4n) is 3.53. The van der Waals surface area contributed by atoms with E-state index in [2.05, 4.69) is 46.5 Å². The minimum Gasteiger partial charge on any atom is -0.347 e. The number of nitrogens with zero attached hydrogens (tertiary/aromatic N) is 6. The van der Waals surface area contributed by atoms with Crippen LogP contribution < -0.4 is 15.5 Å². The van der Waals surface area contributed by atoms with Gasteiger partial charge in [0.2, 0.25) is 11.9 Å². The van der Waals surface area contributed by atoms with Crippen LogP contribution >= 0.6 is 15.9 Å². The van der Waals surface area contributed by atoms with E-state index >= 15 is 0 Å². The first-order valence-electron chi connectivity index (χ1n) is 9.22. The van der Waals surface area contributed by atoms with Crippen LogP contribution in [0.25, 0.3) is 16.7 Å². The summed E-state index contributed by atoms with van der Waals surface area (Å²) in [5.41, 5.74) is 2.71. The topological polar surface area (TPSA) is 99.1 Å². The van der Waals surface area contributed by atoms with Gasteiger partial charge in [-0.1, -0.05) is 12.1 Å². The van der Waals surface area contributed by atoms with E-state index in [1.807, 2.05) is 31.3 Å². The Balaban J connectivity index is 1.45. The molecule has 144 valence electrons. The van der Waals surface area contributed by atoms with Crippen molar-refractivity contribution in [2.75, 3.05) is 30.4 Å². The number of aromatic amines is 1. The van der Waals surface area contributed by atoms with E-state index in [1.54, 1.807) is 10.7 Å². The average molecular weight is 442 g/mol. The summed E-state index contributed by atoms with van der Waals surface area (Å²) < 4.78 is 2.55. The predicted octanol–water partition coefficient (Wildman–Crippen LogP) is 2.17. The molecule has 4 heterocycles. The monoisotopic (exact) mass is 441 g/mol. The van der Waals surface area contributed by atoms with Gasteiger partial charge in [0.25, 0.3) is 0 Å². The number of imidazole rings is 1. The van der Waals surface area contributed by atoms with Crippen LogP contribution in [0.3, 0.4) is 0 Å². The van der Waals surface area contributed by atoms with Gasteiger partial charge in [0.1, 0.15) is 5.82 Å². The van der Waals surface area contributed by atoms with Crippen LogP contribution in [0.15, 0.2) is 34.9 Å². The highest BCUT2D eigenvalue weighted by Crippen LogP contribution is 2.24. The lowest BCUT2D eigenvalue weighted by Crippen LogP contribution is -2.30. The Morgan fingerprint density at radius 3 is 2.96 bits per heavy atom. The first-order valence-corrected chi connectivity index (χ1v) is 10.0. The average Bonchev–Trinajstić information content (AvgIpc) is 3.44. The van der Waals surface area contributed by atoms with Crippen LogP contribution in [0.1, 0.15) is 12.2 Å². The molecule has 5 rings (SSSR count). The van der Waals surface area contributed by atoms with Gasteiger partial charge in [-0.25, -0.2) is 4.98 Å². The first-order chi connectivity index (χ1) is 13.7. The smallest absolute Gasteiger partial charge is 0.230 e. The number of nitrogens with one attached hydrogen (secondary N) is 3. The lowest BCUT2D eigenvalue weighted by atomic mass is 10.3. The molecule has 1 fully saturated rings. The third kappa shape index (κ3) is 3.08. The molecular formula is C18H20BrN9. The second kappa shape index (κ2) is 7.02. The van der Waals surface area contributed by atoms with E-state index in [1.165, 1.54) is 0 Å². The number of halogens is 1. The van der Waals surface area contributed by atoms with Crippen molar-refractivity contribution in [1.29, 1.82) is 0 Å². The maximum atomic E-state index is 4.75. The molecule has 10 heteroatoms. The Hall–Kier alpha value is -2.72. The molecule has 1 saturated heterocycles. The van der Waals surface area contributed by atoms with Gasteiger partial charge in [-0.3, -0.25) is 0 Å². The molecule has 0 radical (unpaired) electrons. The summed E-state index contributed by atoms with van der Waals surface area (Å²) in [4.78, 5) is 19.6. The van der Waals surface area contributed by atoms with Crippen LogP contribution in [0.2, 0.25) is 0 Å². The molecule has 0 amide bonds. The third-order valence-electron chi connectivity index (χ3n) is 5.04. The van der Waals surface area contributed by atoms with Gasteiger partial charge in [0.15, 0.2) is 5.65 Å². The summed E-state index contributed by atoms with van der Waals surface area (Å²) in [6.45, 7) is 2.33. The van der Waals surface area contributed by atoms with Gasteiger partial charge in [0, 0.05) is 19.1 Å². The summed E-state index contributed by atoms with van der Waals surface area (Å²) in [5.74, 6) is 2.19.